The number of allylic oxidation sites excluding steroid dienone is 10. The van der Waals surface area contributed by atoms with Crippen molar-refractivity contribution in [3.8, 4) is 0 Å². The predicted molar refractivity (Wildman–Crippen MR) is 312 cm³/mol. The first-order valence-electron chi connectivity index (χ1n) is 31.3. The Labute approximate surface area is 447 Å². The summed E-state index contributed by atoms with van der Waals surface area (Å²) in [6.07, 6.45) is 76.6. The van der Waals surface area contributed by atoms with Crippen LogP contribution < -0.4 is 0 Å². The molecule has 0 aliphatic rings. The lowest BCUT2D eigenvalue weighted by molar-refractivity contribution is -0.167. The fraction of sp³-hybridized carbons (Fsp3) is 0.803. The molecule has 1 atom stereocenters. The number of unbranched alkanes of at least 4 members (excludes halogenated alkanes) is 36. The van der Waals surface area contributed by atoms with E-state index in [0.29, 0.717) is 19.3 Å². The summed E-state index contributed by atoms with van der Waals surface area (Å²) in [4.78, 5) is 38.2. The standard InChI is InChI=1S/C66H118O6/c1-4-7-10-13-16-19-22-25-27-28-29-30-31-32-33-34-35-36-37-38-39-42-44-47-50-53-56-59-65(68)71-62-63(61-70-64(67)58-55-52-49-46-43-40-24-21-18-15-12-9-6-3)72-66(69)60-57-54-51-48-45-41-26-23-20-17-14-11-8-5-2/h12,15,21-26,28-29,63H,4-11,13-14,16-20,27,30-62H2,1-3H3/b15-12-,24-21-,25-22-,26-23-,29-28-. The van der Waals surface area contributed by atoms with Gasteiger partial charge in [-0.2, -0.15) is 0 Å². The van der Waals surface area contributed by atoms with Gasteiger partial charge in [0, 0.05) is 19.3 Å². The Morgan fingerprint density at radius 3 is 0.833 bits per heavy atom. The van der Waals surface area contributed by atoms with E-state index in [1.54, 1.807) is 0 Å². The van der Waals surface area contributed by atoms with E-state index in [0.717, 1.165) is 103 Å². The van der Waals surface area contributed by atoms with Gasteiger partial charge in [0.05, 0.1) is 0 Å². The molecule has 418 valence electrons. The van der Waals surface area contributed by atoms with E-state index in [-0.39, 0.29) is 31.1 Å². The molecule has 0 radical (unpaired) electrons. The second-order valence-electron chi connectivity index (χ2n) is 21.0. The quantitative estimate of drug-likeness (QED) is 0.0261. The van der Waals surface area contributed by atoms with Crippen molar-refractivity contribution in [2.45, 2.75) is 329 Å². The average Bonchev–Trinajstić information content (AvgIpc) is 3.38. The number of esters is 3. The largest absolute Gasteiger partial charge is 0.462 e. The molecule has 0 N–H and O–H groups in total. The topological polar surface area (TPSA) is 78.9 Å². The van der Waals surface area contributed by atoms with Crippen LogP contribution in [0.4, 0.5) is 0 Å². The highest BCUT2D eigenvalue weighted by Gasteiger charge is 2.19. The zero-order valence-electron chi connectivity index (χ0n) is 47.9. The highest BCUT2D eigenvalue weighted by atomic mass is 16.6. The molecule has 0 heterocycles. The molecule has 0 amide bonds. The minimum Gasteiger partial charge on any atom is -0.462 e. The zero-order chi connectivity index (χ0) is 52.2. The molecule has 6 nitrogen and oxygen atoms in total. The van der Waals surface area contributed by atoms with Crippen LogP contribution in [0.15, 0.2) is 60.8 Å². The third-order valence-corrected chi connectivity index (χ3v) is 13.7. The third kappa shape index (κ3) is 58.0. The van der Waals surface area contributed by atoms with Crippen molar-refractivity contribution in [2.24, 2.45) is 0 Å². The summed E-state index contributed by atoms with van der Waals surface area (Å²) in [6, 6.07) is 0. The Kier molecular flexibility index (Phi) is 58.2. The van der Waals surface area contributed by atoms with Crippen LogP contribution in [0.25, 0.3) is 0 Å². The van der Waals surface area contributed by atoms with E-state index in [1.165, 1.54) is 180 Å². The molecule has 0 fully saturated rings. The van der Waals surface area contributed by atoms with E-state index in [4.69, 9.17) is 14.2 Å². The van der Waals surface area contributed by atoms with Gasteiger partial charge in [-0.15, -0.1) is 0 Å². The molecule has 0 aromatic heterocycles. The fourth-order valence-electron chi connectivity index (χ4n) is 8.98. The fourth-order valence-corrected chi connectivity index (χ4v) is 8.98. The summed E-state index contributed by atoms with van der Waals surface area (Å²) < 4.78 is 16.9. The van der Waals surface area contributed by atoms with Crippen LogP contribution in [0.3, 0.4) is 0 Å². The first kappa shape index (κ1) is 69.1. The Morgan fingerprint density at radius 2 is 0.528 bits per heavy atom. The molecular formula is C66H118O6. The second kappa shape index (κ2) is 60.7. The van der Waals surface area contributed by atoms with Crippen LogP contribution in [-0.2, 0) is 28.6 Å². The summed E-state index contributed by atoms with van der Waals surface area (Å²) in [5.41, 5.74) is 0. The molecule has 0 saturated carbocycles. The third-order valence-electron chi connectivity index (χ3n) is 13.7. The summed E-state index contributed by atoms with van der Waals surface area (Å²) in [5.74, 6) is -0.891. The van der Waals surface area contributed by atoms with Gasteiger partial charge >= 0.3 is 17.9 Å². The van der Waals surface area contributed by atoms with Crippen molar-refractivity contribution < 1.29 is 28.6 Å². The highest BCUT2D eigenvalue weighted by Crippen LogP contribution is 2.16. The number of rotatable bonds is 57. The minimum atomic E-state index is -0.783. The summed E-state index contributed by atoms with van der Waals surface area (Å²) >= 11 is 0. The number of carbonyl (C=O) groups excluding carboxylic acids is 3. The monoisotopic (exact) mass is 1010 g/mol. The van der Waals surface area contributed by atoms with Crippen molar-refractivity contribution in [3.05, 3.63) is 60.8 Å². The first-order chi connectivity index (χ1) is 35.5. The van der Waals surface area contributed by atoms with Crippen molar-refractivity contribution in [2.75, 3.05) is 13.2 Å². The van der Waals surface area contributed by atoms with Gasteiger partial charge in [0.2, 0.25) is 0 Å². The lowest BCUT2D eigenvalue weighted by atomic mass is 10.0. The van der Waals surface area contributed by atoms with E-state index in [2.05, 4.69) is 81.5 Å². The zero-order valence-corrected chi connectivity index (χ0v) is 47.9. The van der Waals surface area contributed by atoms with Crippen LogP contribution in [-0.4, -0.2) is 37.2 Å². The molecule has 0 aliphatic heterocycles. The molecule has 0 aromatic carbocycles. The number of hydrogen-bond acceptors (Lipinski definition) is 6. The molecule has 0 saturated heterocycles. The summed E-state index contributed by atoms with van der Waals surface area (Å²) in [5, 5.41) is 0. The Bertz CT molecular complexity index is 1290. The van der Waals surface area contributed by atoms with Crippen LogP contribution >= 0.6 is 0 Å². The molecule has 0 spiro atoms. The van der Waals surface area contributed by atoms with E-state index in [9.17, 15) is 14.4 Å². The van der Waals surface area contributed by atoms with Crippen LogP contribution in [0.1, 0.15) is 323 Å². The number of carbonyl (C=O) groups is 3. The minimum absolute atomic E-state index is 0.0801. The maximum absolute atomic E-state index is 12.9. The van der Waals surface area contributed by atoms with E-state index in [1.807, 2.05) is 0 Å². The SMILES string of the molecule is CCC/C=C\C/C=C\CCCCCCCC(=O)OCC(COC(=O)CCCCCCCCCCCCCCCCC/C=C\C/C=C\CCCCCCC)OC(=O)CCCCCCC/C=C\CCCCCCC. The molecule has 1 unspecified atom stereocenters. The van der Waals surface area contributed by atoms with Crippen LogP contribution in [0.2, 0.25) is 0 Å². The lowest BCUT2D eigenvalue weighted by Gasteiger charge is -2.18. The smallest absolute Gasteiger partial charge is 0.306 e. The normalized spacial score (nSPS) is 12.4. The molecule has 0 rings (SSSR count). The number of ether oxygens (including phenoxy) is 3. The van der Waals surface area contributed by atoms with Gasteiger partial charge in [-0.05, 0) is 103 Å². The van der Waals surface area contributed by atoms with Crippen LogP contribution in [0.5, 0.6) is 0 Å². The Hall–Kier alpha value is -2.89. The van der Waals surface area contributed by atoms with Crippen molar-refractivity contribution in [1.82, 2.24) is 0 Å². The van der Waals surface area contributed by atoms with Gasteiger partial charge in [-0.25, -0.2) is 0 Å². The van der Waals surface area contributed by atoms with Crippen molar-refractivity contribution in [3.63, 3.8) is 0 Å². The summed E-state index contributed by atoms with van der Waals surface area (Å²) in [7, 11) is 0. The summed E-state index contributed by atoms with van der Waals surface area (Å²) in [6.45, 7) is 6.57. The molecular weight excluding hydrogens is 889 g/mol. The van der Waals surface area contributed by atoms with Gasteiger partial charge in [0.15, 0.2) is 6.10 Å². The van der Waals surface area contributed by atoms with Gasteiger partial charge in [-0.3, -0.25) is 14.4 Å². The molecule has 0 bridgehead atoms. The van der Waals surface area contributed by atoms with Crippen molar-refractivity contribution >= 4 is 17.9 Å². The van der Waals surface area contributed by atoms with Gasteiger partial charge < -0.3 is 14.2 Å². The predicted octanol–water partition coefficient (Wildman–Crippen LogP) is 21.2. The first-order valence-corrected chi connectivity index (χ1v) is 31.3. The molecule has 0 aliphatic carbocycles. The van der Waals surface area contributed by atoms with Gasteiger partial charge in [-0.1, -0.05) is 261 Å². The number of hydrogen-bond donors (Lipinski definition) is 0. The van der Waals surface area contributed by atoms with Gasteiger partial charge in [0.1, 0.15) is 13.2 Å². The van der Waals surface area contributed by atoms with Gasteiger partial charge in [0.25, 0.3) is 0 Å². The maximum Gasteiger partial charge on any atom is 0.306 e. The van der Waals surface area contributed by atoms with Crippen molar-refractivity contribution in [1.29, 1.82) is 0 Å². The van der Waals surface area contributed by atoms with Crippen LogP contribution in [0, 0.1) is 0 Å². The molecule has 6 heteroatoms. The Morgan fingerprint density at radius 1 is 0.278 bits per heavy atom. The Balaban J connectivity index is 4.22. The van der Waals surface area contributed by atoms with E-state index < -0.39 is 6.10 Å². The maximum atomic E-state index is 12.9. The molecule has 0 aromatic rings. The molecule has 72 heavy (non-hydrogen) atoms. The highest BCUT2D eigenvalue weighted by molar-refractivity contribution is 5.71. The second-order valence-corrected chi connectivity index (χ2v) is 21.0. The lowest BCUT2D eigenvalue weighted by Crippen LogP contribution is -2.30. The average molecular weight is 1010 g/mol. The van der Waals surface area contributed by atoms with E-state index >= 15 is 0 Å².